The average Bonchev–Trinajstić information content (AvgIpc) is 3.06. The fourth-order valence-electron chi connectivity index (χ4n) is 1.43. The number of aliphatic carboxylic acids is 1. The summed E-state index contributed by atoms with van der Waals surface area (Å²) in [5.74, 6) is -1.14. The Bertz CT molecular complexity index is 294. The van der Waals surface area contributed by atoms with Crippen LogP contribution in [0.25, 0.3) is 0 Å². The Morgan fingerprint density at radius 1 is 1.47 bits per heavy atom. The molecule has 4 N–H and O–H groups in total. The first-order chi connectivity index (χ1) is 8.03. The number of carbonyl (C=O) groups is 2. The summed E-state index contributed by atoms with van der Waals surface area (Å²) in [6.45, 7) is 0.275. The van der Waals surface area contributed by atoms with Crippen molar-refractivity contribution in [3.63, 3.8) is 0 Å². The molecule has 1 atom stereocenters. The summed E-state index contributed by atoms with van der Waals surface area (Å²) >= 11 is 1.72. The van der Waals surface area contributed by atoms with Gasteiger partial charge in [-0.1, -0.05) is 0 Å². The van der Waals surface area contributed by atoms with Gasteiger partial charge in [-0.05, 0) is 19.1 Å². The number of hydrogen-bond donors (Lipinski definition) is 4. The van der Waals surface area contributed by atoms with Gasteiger partial charge in [0.15, 0.2) is 0 Å². The number of thioether (sulfide) groups is 1. The van der Waals surface area contributed by atoms with E-state index in [-0.39, 0.29) is 17.8 Å². The molecular weight excluding hydrogens is 244 g/mol. The number of aliphatic hydroxyl groups is 1. The molecule has 17 heavy (non-hydrogen) atoms. The average molecular weight is 262 g/mol. The second kappa shape index (κ2) is 6.11. The molecule has 1 aliphatic rings. The Morgan fingerprint density at radius 3 is 2.53 bits per heavy atom. The molecule has 0 aliphatic heterocycles. The van der Waals surface area contributed by atoms with Crippen molar-refractivity contribution < 1.29 is 19.8 Å². The summed E-state index contributed by atoms with van der Waals surface area (Å²) in [5.41, 5.74) is 0. The maximum Gasteiger partial charge on any atom is 0.326 e. The summed E-state index contributed by atoms with van der Waals surface area (Å²) in [6, 6.07) is -1.53. The van der Waals surface area contributed by atoms with Crippen LogP contribution in [-0.4, -0.2) is 52.4 Å². The molecule has 0 bridgehead atoms. The maximum atomic E-state index is 11.4. The highest BCUT2D eigenvalue weighted by Gasteiger charge is 2.42. The van der Waals surface area contributed by atoms with Crippen LogP contribution in [0.5, 0.6) is 0 Å². The molecule has 1 fully saturated rings. The van der Waals surface area contributed by atoms with Crippen LogP contribution in [-0.2, 0) is 4.79 Å². The van der Waals surface area contributed by atoms with Crippen LogP contribution in [0.4, 0.5) is 4.79 Å². The quantitative estimate of drug-likeness (QED) is 0.518. The van der Waals surface area contributed by atoms with Crippen molar-refractivity contribution in [2.24, 2.45) is 0 Å². The third-order valence-corrected chi connectivity index (χ3v) is 4.25. The van der Waals surface area contributed by atoms with Crippen molar-refractivity contribution in [1.29, 1.82) is 0 Å². The summed E-state index contributed by atoms with van der Waals surface area (Å²) in [7, 11) is 0. The van der Waals surface area contributed by atoms with Gasteiger partial charge in [0, 0.05) is 24.3 Å². The minimum Gasteiger partial charge on any atom is -0.480 e. The number of rotatable bonds is 7. The minimum atomic E-state index is -1.14. The lowest BCUT2D eigenvalue weighted by atomic mass is 10.2. The van der Waals surface area contributed by atoms with E-state index in [9.17, 15) is 9.59 Å². The summed E-state index contributed by atoms with van der Waals surface area (Å²) in [6.07, 6.45) is 4.16. The molecule has 0 aromatic rings. The van der Waals surface area contributed by atoms with Crippen LogP contribution < -0.4 is 10.6 Å². The maximum absolute atomic E-state index is 11.4. The smallest absolute Gasteiger partial charge is 0.326 e. The molecule has 1 unspecified atom stereocenters. The first-order valence-corrected chi connectivity index (χ1v) is 6.69. The molecule has 98 valence electrons. The topological polar surface area (TPSA) is 98.7 Å². The number of nitrogens with one attached hydrogen (secondary N) is 2. The summed E-state index contributed by atoms with van der Waals surface area (Å²) in [4.78, 5) is 22.2. The lowest BCUT2D eigenvalue weighted by Gasteiger charge is -2.16. The van der Waals surface area contributed by atoms with Gasteiger partial charge in [0.2, 0.25) is 0 Å². The second-order valence-corrected chi connectivity index (χ2v) is 5.39. The Morgan fingerprint density at radius 2 is 2.12 bits per heavy atom. The van der Waals surface area contributed by atoms with Gasteiger partial charge in [0.05, 0.1) is 0 Å². The zero-order valence-electron chi connectivity index (χ0n) is 9.73. The van der Waals surface area contributed by atoms with Gasteiger partial charge in [0.25, 0.3) is 0 Å². The predicted octanol–water partition coefficient (Wildman–Crippen LogP) is 0.0168. The first-order valence-electron chi connectivity index (χ1n) is 5.46. The molecule has 7 heteroatoms. The molecule has 0 heterocycles. The fraction of sp³-hybridized carbons (Fsp3) is 0.800. The molecule has 0 saturated heterocycles. The SMILES string of the molecule is CSC1(CNC(=O)NC(CCO)C(=O)O)CC1. The van der Waals surface area contributed by atoms with E-state index in [1.165, 1.54) is 0 Å². The predicted molar refractivity (Wildman–Crippen MR) is 65.1 cm³/mol. The van der Waals surface area contributed by atoms with E-state index in [0.717, 1.165) is 12.8 Å². The van der Waals surface area contributed by atoms with Crippen LogP contribution >= 0.6 is 11.8 Å². The van der Waals surface area contributed by atoms with Gasteiger partial charge < -0.3 is 20.8 Å². The number of carboxylic acids is 1. The largest absolute Gasteiger partial charge is 0.480 e. The number of carbonyl (C=O) groups excluding carboxylic acids is 1. The highest BCUT2D eigenvalue weighted by atomic mass is 32.2. The highest BCUT2D eigenvalue weighted by molar-refractivity contribution is 8.00. The van der Waals surface area contributed by atoms with Crippen LogP contribution in [0.2, 0.25) is 0 Å². The van der Waals surface area contributed by atoms with Gasteiger partial charge in [-0.15, -0.1) is 0 Å². The molecular formula is C10H18N2O4S. The Hall–Kier alpha value is -0.950. The van der Waals surface area contributed by atoms with E-state index in [1.54, 1.807) is 11.8 Å². The van der Waals surface area contributed by atoms with Crippen molar-refractivity contribution in [1.82, 2.24) is 10.6 Å². The number of carboxylic acid groups (broad SMARTS) is 1. The molecule has 0 aromatic heterocycles. The molecule has 0 radical (unpaired) electrons. The zero-order chi connectivity index (χ0) is 12.9. The molecule has 2 amide bonds. The van der Waals surface area contributed by atoms with Gasteiger partial charge in [-0.2, -0.15) is 11.8 Å². The van der Waals surface area contributed by atoms with E-state index < -0.39 is 18.0 Å². The first kappa shape index (κ1) is 14.1. The van der Waals surface area contributed by atoms with Crippen LogP contribution in [0.1, 0.15) is 19.3 Å². The third kappa shape index (κ3) is 4.43. The monoisotopic (exact) mass is 262 g/mol. The Balaban J connectivity index is 2.29. The molecule has 1 rings (SSSR count). The molecule has 1 aliphatic carbocycles. The third-order valence-electron chi connectivity index (χ3n) is 2.83. The number of amides is 2. The zero-order valence-corrected chi connectivity index (χ0v) is 10.5. The molecule has 0 spiro atoms. The van der Waals surface area contributed by atoms with E-state index in [0.29, 0.717) is 6.54 Å². The number of urea groups is 1. The molecule has 6 nitrogen and oxygen atoms in total. The standard InChI is InChI=1S/C10H18N2O4S/c1-17-10(3-4-10)6-11-9(16)12-7(2-5-13)8(14)15/h7,13H,2-6H2,1H3,(H,14,15)(H2,11,12,16). The summed E-state index contributed by atoms with van der Waals surface area (Å²) < 4.78 is 0.146. The van der Waals surface area contributed by atoms with Gasteiger partial charge >= 0.3 is 12.0 Å². The van der Waals surface area contributed by atoms with Crippen molar-refractivity contribution >= 4 is 23.8 Å². The summed E-state index contributed by atoms with van der Waals surface area (Å²) in [5, 5.41) is 22.4. The Kier molecular flexibility index (Phi) is 5.07. The van der Waals surface area contributed by atoms with Crippen molar-refractivity contribution in [2.45, 2.75) is 30.1 Å². The van der Waals surface area contributed by atoms with E-state index in [1.807, 2.05) is 6.26 Å². The van der Waals surface area contributed by atoms with Crippen LogP contribution in [0, 0.1) is 0 Å². The lowest BCUT2D eigenvalue weighted by Crippen LogP contribution is -2.48. The van der Waals surface area contributed by atoms with Crippen molar-refractivity contribution in [2.75, 3.05) is 19.4 Å². The van der Waals surface area contributed by atoms with Crippen LogP contribution in [0.3, 0.4) is 0 Å². The van der Waals surface area contributed by atoms with E-state index in [2.05, 4.69) is 10.6 Å². The number of aliphatic hydroxyl groups excluding tert-OH is 1. The van der Waals surface area contributed by atoms with Gasteiger partial charge in [-0.25, -0.2) is 9.59 Å². The van der Waals surface area contributed by atoms with Gasteiger partial charge in [-0.3, -0.25) is 0 Å². The minimum absolute atomic E-state index is 0.0103. The fourth-order valence-corrected chi connectivity index (χ4v) is 2.16. The van der Waals surface area contributed by atoms with Gasteiger partial charge in [0.1, 0.15) is 6.04 Å². The van der Waals surface area contributed by atoms with E-state index >= 15 is 0 Å². The molecule has 0 aromatic carbocycles. The lowest BCUT2D eigenvalue weighted by molar-refractivity contribution is -0.139. The second-order valence-electron chi connectivity index (χ2n) is 4.12. The number of hydrogen-bond acceptors (Lipinski definition) is 4. The van der Waals surface area contributed by atoms with Crippen molar-refractivity contribution in [3.05, 3.63) is 0 Å². The van der Waals surface area contributed by atoms with E-state index in [4.69, 9.17) is 10.2 Å². The Labute approximate surface area is 104 Å². The highest BCUT2D eigenvalue weighted by Crippen LogP contribution is 2.46. The normalized spacial score (nSPS) is 18.2. The molecule has 1 saturated carbocycles. The van der Waals surface area contributed by atoms with Crippen molar-refractivity contribution in [3.8, 4) is 0 Å². The van der Waals surface area contributed by atoms with Crippen LogP contribution in [0.15, 0.2) is 0 Å².